The Morgan fingerprint density at radius 1 is 0.923 bits per heavy atom. The maximum absolute atomic E-state index is 13.4. The summed E-state index contributed by atoms with van der Waals surface area (Å²) in [7, 11) is 0. The summed E-state index contributed by atoms with van der Waals surface area (Å²) < 4.78 is 0. The molecule has 0 aromatic heterocycles. The van der Waals surface area contributed by atoms with Gasteiger partial charge in [-0.2, -0.15) is 0 Å². The lowest BCUT2D eigenvalue weighted by Gasteiger charge is -2.50. The van der Waals surface area contributed by atoms with Crippen molar-refractivity contribution in [2.24, 2.45) is 28.6 Å². The molecule has 0 aromatic carbocycles. The number of aliphatic hydroxyl groups is 4. The quantitative estimate of drug-likeness (QED) is 0.499. The van der Waals surface area contributed by atoms with E-state index >= 15 is 0 Å². The summed E-state index contributed by atoms with van der Waals surface area (Å²) in [4.78, 5) is 25.9. The van der Waals surface area contributed by atoms with Gasteiger partial charge in [0.25, 0.3) is 0 Å². The number of carbonyl (C=O) groups is 2. The third kappa shape index (κ3) is 1.77. The van der Waals surface area contributed by atoms with Crippen molar-refractivity contribution < 1.29 is 30.0 Å². The van der Waals surface area contributed by atoms with Crippen molar-refractivity contribution in [3.63, 3.8) is 0 Å². The normalized spacial score (nSPS) is 58.3. The Morgan fingerprint density at radius 3 is 2.15 bits per heavy atom. The number of aliphatic hydroxyl groups excluding tert-OH is 1. The average Bonchev–Trinajstić information content (AvgIpc) is 2.72. The molecule has 4 aliphatic carbocycles. The Bertz CT molecular complexity index is 694. The highest BCUT2D eigenvalue weighted by atomic mass is 16.3. The van der Waals surface area contributed by atoms with Crippen molar-refractivity contribution >= 4 is 11.6 Å². The van der Waals surface area contributed by atoms with E-state index in [2.05, 4.69) is 0 Å². The number of Topliss-reactive ketones (excluding diaryl/α,β-unsaturated/α-hetero) is 2. The first-order valence-electron chi connectivity index (χ1n) is 9.65. The van der Waals surface area contributed by atoms with Crippen LogP contribution in [0.25, 0.3) is 0 Å². The Hall–Kier alpha value is -0.820. The van der Waals surface area contributed by atoms with Crippen LogP contribution in [0.1, 0.15) is 59.8 Å². The molecule has 6 nitrogen and oxygen atoms in total. The Labute approximate surface area is 153 Å². The maximum atomic E-state index is 13.4. The highest BCUT2D eigenvalue weighted by Gasteiger charge is 2.76. The molecule has 4 rings (SSSR count). The van der Waals surface area contributed by atoms with Gasteiger partial charge in [-0.15, -0.1) is 0 Å². The SMILES string of the molecule is CC1(O)CC23CC(=O)C4(O)C(CC(=O)C4(C)C)C(C)(O)C2CCC1C3O. The summed E-state index contributed by atoms with van der Waals surface area (Å²) >= 11 is 0. The molecule has 0 aromatic rings. The summed E-state index contributed by atoms with van der Waals surface area (Å²) in [5, 5.41) is 45.0. The topological polar surface area (TPSA) is 115 Å². The Balaban J connectivity index is 1.92. The first-order valence-corrected chi connectivity index (χ1v) is 9.65. The van der Waals surface area contributed by atoms with Crippen LogP contribution in [0.5, 0.6) is 0 Å². The molecule has 26 heavy (non-hydrogen) atoms. The summed E-state index contributed by atoms with van der Waals surface area (Å²) in [6.45, 7) is 6.42. The van der Waals surface area contributed by atoms with E-state index in [9.17, 15) is 30.0 Å². The highest BCUT2D eigenvalue weighted by Crippen LogP contribution is 2.68. The van der Waals surface area contributed by atoms with Gasteiger partial charge in [0.2, 0.25) is 0 Å². The summed E-state index contributed by atoms with van der Waals surface area (Å²) in [5.74, 6) is -2.41. The van der Waals surface area contributed by atoms with Crippen molar-refractivity contribution in [1.82, 2.24) is 0 Å². The molecule has 4 saturated carbocycles. The van der Waals surface area contributed by atoms with Gasteiger partial charge in [0.1, 0.15) is 11.4 Å². The number of ketones is 2. The van der Waals surface area contributed by atoms with Crippen molar-refractivity contribution in [3.05, 3.63) is 0 Å². The van der Waals surface area contributed by atoms with Crippen LogP contribution < -0.4 is 0 Å². The lowest BCUT2D eigenvalue weighted by Crippen LogP contribution is -2.59. The molecule has 0 amide bonds. The van der Waals surface area contributed by atoms with E-state index in [1.807, 2.05) is 0 Å². The minimum absolute atomic E-state index is 0.0509. The van der Waals surface area contributed by atoms with E-state index in [4.69, 9.17) is 0 Å². The van der Waals surface area contributed by atoms with E-state index in [0.717, 1.165) is 0 Å². The van der Waals surface area contributed by atoms with Crippen LogP contribution in [-0.2, 0) is 9.59 Å². The lowest BCUT2D eigenvalue weighted by atomic mass is 9.57. The second-order valence-electron chi connectivity index (χ2n) is 10.3. The standard InChI is InChI=1S/C20H30O6/c1-16(2)13(21)7-12-18(4,25)11-6-5-10-15(23)19(11,9-17(10,3)24)8-14(22)20(12,16)26/h10-12,15,23-26H,5-9H2,1-4H3. The van der Waals surface area contributed by atoms with E-state index in [0.29, 0.717) is 12.8 Å². The second kappa shape index (κ2) is 4.77. The molecule has 0 saturated heterocycles. The van der Waals surface area contributed by atoms with Gasteiger partial charge in [-0.25, -0.2) is 0 Å². The lowest BCUT2D eigenvalue weighted by molar-refractivity contribution is -0.180. The monoisotopic (exact) mass is 366 g/mol. The Kier molecular flexibility index (Phi) is 3.40. The molecule has 0 radical (unpaired) electrons. The summed E-state index contributed by atoms with van der Waals surface area (Å²) in [5.41, 5.74) is -6.81. The third-order valence-corrected chi connectivity index (χ3v) is 8.79. The average molecular weight is 366 g/mol. The maximum Gasteiger partial charge on any atom is 0.166 e. The van der Waals surface area contributed by atoms with Gasteiger partial charge in [-0.05, 0) is 52.9 Å². The van der Waals surface area contributed by atoms with Gasteiger partial charge in [0, 0.05) is 30.1 Å². The van der Waals surface area contributed by atoms with Crippen LogP contribution in [0.3, 0.4) is 0 Å². The molecule has 8 unspecified atom stereocenters. The molecular weight excluding hydrogens is 336 g/mol. The molecule has 0 aliphatic heterocycles. The first kappa shape index (κ1) is 18.5. The molecule has 0 heterocycles. The number of rotatable bonds is 0. The fourth-order valence-electron chi connectivity index (χ4n) is 7.32. The molecule has 4 aliphatic rings. The van der Waals surface area contributed by atoms with Crippen LogP contribution >= 0.6 is 0 Å². The Morgan fingerprint density at radius 2 is 1.54 bits per heavy atom. The predicted octanol–water partition coefficient (Wildman–Crippen LogP) is 0.585. The predicted molar refractivity (Wildman–Crippen MR) is 92.0 cm³/mol. The van der Waals surface area contributed by atoms with Gasteiger partial charge in [-0.1, -0.05) is 0 Å². The summed E-state index contributed by atoms with van der Waals surface area (Å²) in [6, 6.07) is 0. The minimum atomic E-state index is -1.96. The van der Waals surface area contributed by atoms with E-state index < -0.39 is 51.4 Å². The third-order valence-electron chi connectivity index (χ3n) is 8.79. The number of hydrogen-bond donors (Lipinski definition) is 4. The zero-order valence-electron chi connectivity index (χ0n) is 16.0. The highest BCUT2D eigenvalue weighted by molar-refractivity contribution is 6.01. The fourth-order valence-corrected chi connectivity index (χ4v) is 7.32. The van der Waals surface area contributed by atoms with E-state index in [1.165, 1.54) is 0 Å². The van der Waals surface area contributed by atoms with Crippen LogP contribution in [0.15, 0.2) is 0 Å². The molecule has 4 N–H and O–H groups in total. The molecule has 2 bridgehead atoms. The molecule has 4 fully saturated rings. The number of hydrogen-bond acceptors (Lipinski definition) is 6. The molecule has 8 atom stereocenters. The largest absolute Gasteiger partial charge is 0.392 e. The van der Waals surface area contributed by atoms with Crippen molar-refractivity contribution in [3.8, 4) is 0 Å². The van der Waals surface area contributed by atoms with Crippen LogP contribution in [0.2, 0.25) is 0 Å². The second-order valence-corrected chi connectivity index (χ2v) is 10.3. The van der Waals surface area contributed by atoms with Gasteiger partial charge in [-0.3, -0.25) is 9.59 Å². The zero-order chi connectivity index (χ0) is 19.5. The first-order chi connectivity index (χ1) is 11.7. The fraction of sp³-hybridized carbons (Fsp3) is 0.900. The molecular formula is C20H30O6. The molecule has 1 spiro atoms. The summed E-state index contributed by atoms with van der Waals surface area (Å²) in [6.07, 6.45) is 0.242. The van der Waals surface area contributed by atoms with Crippen LogP contribution in [-0.4, -0.2) is 54.9 Å². The van der Waals surface area contributed by atoms with Gasteiger partial charge in [0.15, 0.2) is 5.78 Å². The number of carbonyl (C=O) groups excluding carboxylic acids is 2. The number of fused-ring (bicyclic) bond motifs is 2. The smallest absolute Gasteiger partial charge is 0.166 e. The van der Waals surface area contributed by atoms with Gasteiger partial charge in [0.05, 0.1) is 22.7 Å². The van der Waals surface area contributed by atoms with Gasteiger partial charge >= 0.3 is 0 Å². The molecule has 146 valence electrons. The van der Waals surface area contributed by atoms with E-state index in [1.54, 1.807) is 27.7 Å². The zero-order valence-corrected chi connectivity index (χ0v) is 16.0. The van der Waals surface area contributed by atoms with Gasteiger partial charge < -0.3 is 20.4 Å². The van der Waals surface area contributed by atoms with Crippen LogP contribution in [0, 0.1) is 28.6 Å². The van der Waals surface area contributed by atoms with Crippen molar-refractivity contribution in [2.75, 3.05) is 0 Å². The van der Waals surface area contributed by atoms with Crippen molar-refractivity contribution in [2.45, 2.75) is 82.7 Å². The molecule has 6 heteroatoms. The van der Waals surface area contributed by atoms with Crippen molar-refractivity contribution in [1.29, 1.82) is 0 Å². The van der Waals surface area contributed by atoms with E-state index in [-0.39, 0.29) is 31.0 Å². The minimum Gasteiger partial charge on any atom is -0.392 e. The van der Waals surface area contributed by atoms with Crippen LogP contribution in [0.4, 0.5) is 0 Å².